The van der Waals surface area contributed by atoms with Crippen LogP contribution >= 0.6 is 0 Å². The fourth-order valence-electron chi connectivity index (χ4n) is 1.76. The van der Waals surface area contributed by atoms with Crippen LogP contribution in [0, 0.1) is 0 Å². The lowest BCUT2D eigenvalue weighted by atomic mass is 10.2. The summed E-state index contributed by atoms with van der Waals surface area (Å²) in [4.78, 5) is 29.0. The van der Waals surface area contributed by atoms with Crippen molar-refractivity contribution < 1.29 is 19.4 Å². The molecule has 1 aromatic heterocycles. The van der Waals surface area contributed by atoms with E-state index >= 15 is 0 Å². The average molecular weight is 264 g/mol. The Morgan fingerprint density at radius 2 is 2.16 bits per heavy atom. The molecule has 19 heavy (non-hydrogen) atoms. The van der Waals surface area contributed by atoms with Crippen molar-refractivity contribution in [1.82, 2.24) is 9.88 Å². The predicted octanol–water partition coefficient (Wildman–Crippen LogP) is 1.46. The predicted molar refractivity (Wildman–Crippen MR) is 66.3 cm³/mol. The number of fused-ring (bicyclic) bond motifs is 1. The summed E-state index contributed by atoms with van der Waals surface area (Å²) in [6.45, 7) is 5.12. The van der Waals surface area contributed by atoms with E-state index in [1.54, 1.807) is 32.9 Å². The molecule has 0 fully saturated rings. The van der Waals surface area contributed by atoms with E-state index in [0.29, 0.717) is 11.3 Å². The molecule has 0 aliphatic carbocycles. The third-order valence-corrected chi connectivity index (χ3v) is 2.59. The van der Waals surface area contributed by atoms with Gasteiger partial charge in [-0.25, -0.2) is 14.7 Å². The Bertz CT molecular complexity index is 534. The van der Waals surface area contributed by atoms with Crippen LogP contribution in [0.4, 0.5) is 4.79 Å². The van der Waals surface area contributed by atoms with Crippen molar-refractivity contribution in [2.75, 3.05) is 0 Å². The second-order valence-electron chi connectivity index (χ2n) is 5.34. The number of imide groups is 1. The van der Waals surface area contributed by atoms with Gasteiger partial charge < -0.3 is 9.84 Å². The van der Waals surface area contributed by atoms with Crippen LogP contribution < -0.4 is 0 Å². The Hall–Kier alpha value is -1.95. The van der Waals surface area contributed by atoms with Crippen molar-refractivity contribution in [2.45, 2.75) is 39.5 Å². The molecule has 0 atom stereocenters. The number of aliphatic hydroxyl groups is 1. The van der Waals surface area contributed by atoms with Gasteiger partial charge in [0.05, 0.1) is 18.8 Å². The lowest BCUT2D eigenvalue weighted by Crippen LogP contribution is -2.37. The molecule has 2 rings (SSSR count). The number of aromatic nitrogens is 1. The second kappa shape index (κ2) is 4.62. The van der Waals surface area contributed by atoms with Gasteiger partial charge in [0.2, 0.25) is 0 Å². The highest BCUT2D eigenvalue weighted by molar-refractivity contribution is 6.05. The number of carbonyl (C=O) groups excluding carboxylic acids is 2. The smallest absolute Gasteiger partial charge is 0.417 e. The zero-order chi connectivity index (χ0) is 14.2. The first-order valence-electron chi connectivity index (χ1n) is 5.96. The number of ether oxygens (including phenoxy) is 1. The fourth-order valence-corrected chi connectivity index (χ4v) is 1.76. The summed E-state index contributed by atoms with van der Waals surface area (Å²) >= 11 is 0. The van der Waals surface area contributed by atoms with E-state index in [0.717, 1.165) is 4.90 Å². The van der Waals surface area contributed by atoms with Crippen LogP contribution in [0.5, 0.6) is 0 Å². The highest BCUT2D eigenvalue weighted by atomic mass is 16.6. The van der Waals surface area contributed by atoms with Gasteiger partial charge in [-0.2, -0.15) is 0 Å². The van der Waals surface area contributed by atoms with Gasteiger partial charge in [-0.15, -0.1) is 0 Å². The first-order chi connectivity index (χ1) is 8.81. The number of pyridine rings is 1. The first kappa shape index (κ1) is 13.5. The monoisotopic (exact) mass is 264 g/mol. The number of amides is 2. The molecule has 0 radical (unpaired) electrons. The van der Waals surface area contributed by atoms with Gasteiger partial charge >= 0.3 is 6.09 Å². The summed E-state index contributed by atoms with van der Waals surface area (Å²) in [7, 11) is 0. The third kappa shape index (κ3) is 2.73. The van der Waals surface area contributed by atoms with Gasteiger partial charge in [0, 0.05) is 5.56 Å². The number of hydrogen-bond acceptors (Lipinski definition) is 5. The standard InChI is InChI=1S/C13H16N2O4/c1-13(2,3)19-12(18)15-6-8-4-5-9(7-16)14-10(8)11(15)17/h4-5,16H,6-7H2,1-3H3. The fraction of sp³-hybridized carbons (Fsp3) is 0.462. The maximum Gasteiger partial charge on any atom is 0.417 e. The molecule has 1 aromatic rings. The molecule has 102 valence electrons. The van der Waals surface area contributed by atoms with Crippen LogP contribution in [-0.4, -0.2) is 32.6 Å². The summed E-state index contributed by atoms with van der Waals surface area (Å²) in [5.74, 6) is -0.487. The van der Waals surface area contributed by atoms with E-state index in [9.17, 15) is 9.59 Å². The van der Waals surface area contributed by atoms with Crippen LogP contribution in [-0.2, 0) is 17.9 Å². The van der Waals surface area contributed by atoms with E-state index in [4.69, 9.17) is 9.84 Å². The minimum absolute atomic E-state index is 0.155. The van der Waals surface area contributed by atoms with E-state index < -0.39 is 17.6 Å². The van der Waals surface area contributed by atoms with Gasteiger partial charge in [0.1, 0.15) is 11.3 Å². The molecule has 0 saturated carbocycles. The normalized spacial score (nSPS) is 14.5. The summed E-state index contributed by atoms with van der Waals surface area (Å²) in [6, 6.07) is 3.32. The SMILES string of the molecule is CC(C)(C)OC(=O)N1Cc2ccc(CO)nc2C1=O. The Labute approximate surface area is 111 Å². The average Bonchev–Trinajstić information content (AvgIpc) is 2.64. The van der Waals surface area contributed by atoms with Crippen LogP contribution in [0.1, 0.15) is 42.5 Å². The molecule has 1 N–H and O–H groups in total. The van der Waals surface area contributed by atoms with E-state index in [1.807, 2.05) is 0 Å². The molecule has 0 aromatic carbocycles. The Morgan fingerprint density at radius 1 is 1.47 bits per heavy atom. The Morgan fingerprint density at radius 3 is 2.74 bits per heavy atom. The minimum atomic E-state index is -0.680. The lowest BCUT2D eigenvalue weighted by Gasteiger charge is -2.23. The molecule has 0 bridgehead atoms. The number of rotatable bonds is 1. The van der Waals surface area contributed by atoms with Crippen molar-refractivity contribution in [2.24, 2.45) is 0 Å². The number of nitrogens with zero attached hydrogens (tertiary/aromatic N) is 2. The summed E-state index contributed by atoms with van der Waals surface area (Å²) in [5.41, 5.74) is 0.610. The number of aliphatic hydroxyl groups excluding tert-OH is 1. The summed E-state index contributed by atoms with van der Waals surface area (Å²) in [6.07, 6.45) is -0.680. The molecular weight excluding hydrogens is 248 g/mol. The van der Waals surface area contributed by atoms with Crippen LogP contribution in [0.15, 0.2) is 12.1 Å². The molecular formula is C13H16N2O4. The molecule has 0 unspecified atom stereocenters. The van der Waals surface area contributed by atoms with Crippen molar-refractivity contribution in [1.29, 1.82) is 0 Å². The van der Waals surface area contributed by atoms with Crippen molar-refractivity contribution in [3.05, 3.63) is 29.1 Å². The van der Waals surface area contributed by atoms with E-state index in [1.165, 1.54) is 0 Å². The zero-order valence-electron chi connectivity index (χ0n) is 11.1. The Kier molecular flexibility index (Phi) is 3.28. The summed E-state index contributed by atoms with van der Waals surface area (Å²) in [5, 5.41) is 9.00. The molecule has 6 nitrogen and oxygen atoms in total. The van der Waals surface area contributed by atoms with Gasteiger partial charge in [-0.1, -0.05) is 6.07 Å². The van der Waals surface area contributed by atoms with Gasteiger partial charge in [0.25, 0.3) is 5.91 Å². The maximum atomic E-state index is 12.1. The quantitative estimate of drug-likeness (QED) is 0.830. The van der Waals surface area contributed by atoms with E-state index in [-0.39, 0.29) is 18.8 Å². The van der Waals surface area contributed by atoms with Gasteiger partial charge in [-0.05, 0) is 26.8 Å². The summed E-state index contributed by atoms with van der Waals surface area (Å²) < 4.78 is 5.17. The van der Waals surface area contributed by atoms with Crippen molar-refractivity contribution >= 4 is 12.0 Å². The molecule has 0 saturated heterocycles. The second-order valence-corrected chi connectivity index (χ2v) is 5.34. The van der Waals surface area contributed by atoms with Crippen molar-refractivity contribution in [3.63, 3.8) is 0 Å². The van der Waals surface area contributed by atoms with Gasteiger partial charge in [-0.3, -0.25) is 4.79 Å². The largest absolute Gasteiger partial charge is 0.443 e. The molecule has 1 aliphatic rings. The van der Waals surface area contributed by atoms with E-state index in [2.05, 4.69) is 4.98 Å². The minimum Gasteiger partial charge on any atom is -0.443 e. The zero-order valence-corrected chi connectivity index (χ0v) is 11.1. The number of hydrogen-bond donors (Lipinski definition) is 1. The van der Waals surface area contributed by atoms with Crippen LogP contribution in [0.25, 0.3) is 0 Å². The lowest BCUT2D eigenvalue weighted by molar-refractivity contribution is 0.0247. The maximum absolute atomic E-state index is 12.1. The van der Waals surface area contributed by atoms with Crippen molar-refractivity contribution in [3.8, 4) is 0 Å². The van der Waals surface area contributed by atoms with Gasteiger partial charge in [0.15, 0.2) is 0 Å². The molecule has 0 spiro atoms. The topological polar surface area (TPSA) is 79.7 Å². The third-order valence-electron chi connectivity index (χ3n) is 2.59. The molecule has 2 amide bonds. The van der Waals surface area contributed by atoms with Crippen LogP contribution in [0.2, 0.25) is 0 Å². The first-order valence-corrected chi connectivity index (χ1v) is 5.96. The molecule has 1 aliphatic heterocycles. The highest BCUT2D eigenvalue weighted by Crippen LogP contribution is 2.23. The Balaban J connectivity index is 2.21. The highest BCUT2D eigenvalue weighted by Gasteiger charge is 2.36. The van der Waals surface area contributed by atoms with Crippen LogP contribution in [0.3, 0.4) is 0 Å². The molecule has 2 heterocycles. The number of carbonyl (C=O) groups is 2. The molecule has 6 heteroatoms.